The Labute approximate surface area is 181 Å². The topological polar surface area (TPSA) is 51.7 Å². The minimum Gasteiger partial charge on any atom is -0.488 e. The molecule has 158 valence electrons. The number of morpholine rings is 1. The number of ether oxygens (including phenoxy) is 2. The third-order valence-corrected chi connectivity index (χ3v) is 6.81. The van der Waals surface area contributed by atoms with Gasteiger partial charge in [-0.15, -0.1) is 11.3 Å². The number of hydrogen-bond acceptors (Lipinski definition) is 6. The highest BCUT2D eigenvalue weighted by molar-refractivity contribution is 8.01. The number of rotatable bonds is 7. The van der Waals surface area contributed by atoms with Crippen molar-refractivity contribution in [1.29, 1.82) is 0 Å². The zero-order valence-electron chi connectivity index (χ0n) is 16.1. The summed E-state index contributed by atoms with van der Waals surface area (Å²) in [5.41, 5.74) is 0.974. The van der Waals surface area contributed by atoms with E-state index in [0.717, 1.165) is 32.8 Å². The second-order valence-corrected chi connectivity index (χ2v) is 9.14. The van der Waals surface area contributed by atoms with Gasteiger partial charge in [0.05, 0.1) is 23.4 Å². The maximum atomic E-state index is 13.7. The van der Waals surface area contributed by atoms with Crippen LogP contribution in [0.2, 0.25) is 0 Å². The normalized spacial score (nSPS) is 16.7. The molecule has 1 aliphatic heterocycles. The van der Waals surface area contributed by atoms with E-state index < -0.39 is 11.6 Å². The van der Waals surface area contributed by atoms with Crippen LogP contribution in [-0.2, 0) is 9.53 Å². The van der Waals surface area contributed by atoms with Gasteiger partial charge in [-0.2, -0.15) is 0 Å². The number of halogens is 2. The molecule has 1 fully saturated rings. The number of thiazole rings is 1. The molecular weight excluding hydrogens is 430 g/mol. The van der Waals surface area contributed by atoms with Crippen molar-refractivity contribution in [1.82, 2.24) is 9.88 Å². The molecule has 1 aromatic heterocycles. The van der Waals surface area contributed by atoms with Gasteiger partial charge in [-0.25, -0.2) is 13.8 Å². The first-order chi connectivity index (χ1) is 14.6. The van der Waals surface area contributed by atoms with Crippen LogP contribution in [0.5, 0.6) is 5.75 Å². The SMILES string of the molecule is O=C(CCSc1nc2ccccc2s1)N1CCOC(COc2cc(F)ccc2F)C1. The predicted molar refractivity (Wildman–Crippen MR) is 113 cm³/mol. The number of aromatic nitrogens is 1. The van der Waals surface area contributed by atoms with Crippen molar-refractivity contribution in [3.63, 3.8) is 0 Å². The summed E-state index contributed by atoms with van der Waals surface area (Å²) < 4.78 is 40.0. The van der Waals surface area contributed by atoms with E-state index in [4.69, 9.17) is 9.47 Å². The van der Waals surface area contributed by atoms with Crippen LogP contribution in [0.1, 0.15) is 6.42 Å². The van der Waals surface area contributed by atoms with Crippen molar-refractivity contribution in [3.8, 4) is 5.75 Å². The largest absolute Gasteiger partial charge is 0.488 e. The molecular formula is C21H20F2N2O3S2. The standard InChI is InChI=1S/C21H20F2N2O3S2/c22-14-5-6-16(23)18(11-14)28-13-15-12-25(8-9-27-15)20(26)7-10-29-21-24-17-3-1-2-4-19(17)30-21/h1-6,11,15H,7-10,12-13H2. The van der Waals surface area contributed by atoms with E-state index in [1.54, 1.807) is 28.0 Å². The first kappa shape index (κ1) is 21.0. The van der Waals surface area contributed by atoms with Crippen LogP contribution in [-0.4, -0.2) is 54.0 Å². The zero-order valence-corrected chi connectivity index (χ0v) is 17.7. The number of thioether (sulfide) groups is 1. The van der Waals surface area contributed by atoms with Crippen LogP contribution < -0.4 is 4.74 Å². The molecule has 0 saturated carbocycles. The van der Waals surface area contributed by atoms with Gasteiger partial charge in [-0.05, 0) is 24.3 Å². The molecule has 2 aromatic carbocycles. The molecule has 30 heavy (non-hydrogen) atoms. The maximum absolute atomic E-state index is 13.7. The summed E-state index contributed by atoms with van der Waals surface area (Å²) in [6.07, 6.45) is 0.00875. The van der Waals surface area contributed by atoms with E-state index in [2.05, 4.69) is 4.98 Å². The second-order valence-electron chi connectivity index (χ2n) is 6.76. The number of benzene rings is 2. The van der Waals surface area contributed by atoms with Crippen LogP contribution in [0.25, 0.3) is 10.2 Å². The van der Waals surface area contributed by atoms with Crippen LogP contribution in [0.3, 0.4) is 0 Å². The van der Waals surface area contributed by atoms with E-state index in [9.17, 15) is 13.6 Å². The number of carbonyl (C=O) groups is 1. The minimum absolute atomic E-state index is 0.0360. The lowest BCUT2D eigenvalue weighted by atomic mass is 10.2. The Morgan fingerprint density at radius 2 is 2.17 bits per heavy atom. The van der Waals surface area contributed by atoms with Gasteiger partial charge >= 0.3 is 0 Å². The molecule has 1 aliphatic rings. The molecule has 0 radical (unpaired) electrons. The van der Waals surface area contributed by atoms with E-state index in [1.165, 1.54) is 0 Å². The summed E-state index contributed by atoms with van der Waals surface area (Å²) in [4.78, 5) is 18.9. The average molecular weight is 451 g/mol. The number of amides is 1. The smallest absolute Gasteiger partial charge is 0.223 e. The average Bonchev–Trinajstić information content (AvgIpc) is 3.17. The fraction of sp³-hybridized carbons (Fsp3) is 0.333. The summed E-state index contributed by atoms with van der Waals surface area (Å²) >= 11 is 3.20. The first-order valence-electron chi connectivity index (χ1n) is 9.54. The first-order valence-corrected chi connectivity index (χ1v) is 11.3. The van der Waals surface area contributed by atoms with Gasteiger partial charge in [0.25, 0.3) is 0 Å². The fourth-order valence-corrected chi connectivity index (χ4v) is 5.18. The van der Waals surface area contributed by atoms with Crippen molar-refractivity contribution in [3.05, 3.63) is 54.1 Å². The highest BCUT2D eigenvalue weighted by Crippen LogP contribution is 2.29. The molecule has 9 heteroatoms. The van der Waals surface area contributed by atoms with Crippen LogP contribution in [0.4, 0.5) is 8.78 Å². The molecule has 2 heterocycles. The second kappa shape index (κ2) is 9.72. The quantitative estimate of drug-likeness (QED) is 0.501. The summed E-state index contributed by atoms with van der Waals surface area (Å²) in [5.74, 6) is -0.681. The molecule has 5 nitrogen and oxygen atoms in total. The third-order valence-electron chi connectivity index (χ3n) is 4.63. The fourth-order valence-electron chi connectivity index (χ4n) is 3.11. The number of hydrogen-bond donors (Lipinski definition) is 0. The Hall–Kier alpha value is -2.23. The molecule has 1 amide bonds. The van der Waals surface area contributed by atoms with Crippen molar-refractivity contribution in [2.45, 2.75) is 16.9 Å². The lowest BCUT2D eigenvalue weighted by Gasteiger charge is -2.33. The Morgan fingerprint density at radius 3 is 3.03 bits per heavy atom. The maximum Gasteiger partial charge on any atom is 0.223 e. The van der Waals surface area contributed by atoms with Gasteiger partial charge in [0.1, 0.15) is 18.5 Å². The van der Waals surface area contributed by atoms with Crippen molar-refractivity contribution >= 4 is 39.2 Å². The molecule has 3 aromatic rings. The summed E-state index contributed by atoms with van der Waals surface area (Å²) in [5, 5.41) is 0. The van der Waals surface area contributed by atoms with Crippen molar-refractivity contribution in [2.75, 3.05) is 32.1 Å². The van der Waals surface area contributed by atoms with Crippen LogP contribution in [0, 0.1) is 11.6 Å². The Morgan fingerprint density at radius 1 is 1.30 bits per heavy atom. The van der Waals surface area contributed by atoms with E-state index in [-0.39, 0.29) is 24.4 Å². The summed E-state index contributed by atoms with van der Waals surface area (Å²) in [6, 6.07) is 11.0. The van der Waals surface area contributed by atoms with E-state index in [1.807, 2.05) is 24.3 Å². The van der Waals surface area contributed by atoms with Gasteiger partial charge < -0.3 is 14.4 Å². The van der Waals surface area contributed by atoms with Crippen molar-refractivity contribution in [2.24, 2.45) is 0 Å². The lowest BCUT2D eigenvalue weighted by Crippen LogP contribution is -2.47. The Kier molecular flexibility index (Phi) is 6.81. The summed E-state index contributed by atoms with van der Waals surface area (Å²) in [7, 11) is 0. The molecule has 0 N–H and O–H groups in total. The Balaban J connectivity index is 1.24. The highest BCUT2D eigenvalue weighted by atomic mass is 32.2. The lowest BCUT2D eigenvalue weighted by molar-refractivity contribution is -0.139. The molecule has 0 spiro atoms. The molecule has 1 saturated heterocycles. The third kappa shape index (κ3) is 5.27. The Bertz CT molecular complexity index is 997. The van der Waals surface area contributed by atoms with Gasteiger partial charge in [-0.1, -0.05) is 23.9 Å². The molecule has 1 atom stereocenters. The minimum atomic E-state index is -0.632. The van der Waals surface area contributed by atoms with E-state index >= 15 is 0 Å². The van der Waals surface area contributed by atoms with Gasteiger partial charge in [0.2, 0.25) is 5.91 Å². The number of fused-ring (bicyclic) bond motifs is 1. The van der Waals surface area contributed by atoms with Crippen LogP contribution in [0.15, 0.2) is 46.8 Å². The summed E-state index contributed by atoms with van der Waals surface area (Å²) in [6.45, 7) is 1.30. The molecule has 0 bridgehead atoms. The number of carbonyl (C=O) groups excluding carboxylic acids is 1. The molecule has 1 unspecified atom stereocenters. The molecule has 4 rings (SSSR count). The number of nitrogens with zero attached hydrogens (tertiary/aromatic N) is 2. The number of para-hydroxylation sites is 1. The monoisotopic (exact) mass is 450 g/mol. The zero-order chi connectivity index (χ0) is 20.9. The van der Waals surface area contributed by atoms with Gasteiger partial charge in [-0.3, -0.25) is 4.79 Å². The van der Waals surface area contributed by atoms with Crippen LogP contribution >= 0.6 is 23.1 Å². The van der Waals surface area contributed by atoms with E-state index in [0.29, 0.717) is 31.9 Å². The van der Waals surface area contributed by atoms with Gasteiger partial charge in [0.15, 0.2) is 15.9 Å². The molecule has 0 aliphatic carbocycles. The highest BCUT2D eigenvalue weighted by Gasteiger charge is 2.25. The van der Waals surface area contributed by atoms with Gasteiger partial charge in [0, 0.05) is 24.8 Å². The predicted octanol–water partition coefficient (Wildman–Crippen LogP) is 4.36. The van der Waals surface area contributed by atoms with Crippen molar-refractivity contribution < 1.29 is 23.0 Å².